The fraction of sp³-hybridized carbons (Fsp3) is 0.385. The first-order valence-electron chi connectivity index (χ1n) is 6.58. The quantitative estimate of drug-likeness (QED) is 0.730. The molecule has 102 valence electrons. The van der Waals surface area contributed by atoms with Crippen molar-refractivity contribution in [2.45, 2.75) is 0 Å². The number of aromatic nitrogens is 4. The van der Waals surface area contributed by atoms with Gasteiger partial charge < -0.3 is 9.64 Å². The minimum absolute atomic E-state index is 0.0454. The minimum Gasteiger partial charge on any atom is -0.465 e. The average molecular weight is 271 g/mol. The molecule has 3 heterocycles. The Morgan fingerprint density at radius 1 is 1.20 bits per heavy atom. The molecule has 0 spiro atoms. The molecule has 4 rings (SSSR count). The zero-order chi connectivity index (χ0) is 13.5. The van der Waals surface area contributed by atoms with Crippen molar-refractivity contribution in [2.24, 2.45) is 11.8 Å². The van der Waals surface area contributed by atoms with E-state index in [9.17, 15) is 4.79 Å². The molecule has 0 aliphatic carbocycles. The Balaban J connectivity index is 1.65. The number of esters is 1. The largest absolute Gasteiger partial charge is 0.465 e. The lowest BCUT2D eigenvalue weighted by Gasteiger charge is -2.17. The van der Waals surface area contributed by atoms with Gasteiger partial charge in [-0.1, -0.05) is 23.3 Å². The van der Waals surface area contributed by atoms with Crippen LogP contribution in [-0.2, 0) is 9.53 Å². The highest BCUT2D eigenvalue weighted by molar-refractivity contribution is 5.76. The summed E-state index contributed by atoms with van der Waals surface area (Å²) in [5.41, 5.74) is 0.909. The standard InChI is InChI=1S/C13H13N5O2/c19-12-11-7-17(6-9(11)8-20-12)13-14-15-16-18(13)10-4-2-1-3-5-10/h1-5,9,11H,6-8H2/t9-,11-/m1/s1. The predicted octanol–water partition coefficient (Wildman–Crippen LogP) is 0.271. The average Bonchev–Trinajstić information content (AvgIpc) is 3.17. The molecule has 0 N–H and O–H groups in total. The van der Waals surface area contributed by atoms with Crippen molar-refractivity contribution in [1.29, 1.82) is 0 Å². The summed E-state index contributed by atoms with van der Waals surface area (Å²) in [4.78, 5) is 13.7. The van der Waals surface area contributed by atoms with Gasteiger partial charge in [0.05, 0.1) is 18.2 Å². The maximum atomic E-state index is 11.6. The van der Waals surface area contributed by atoms with Crippen LogP contribution in [0, 0.1) is 11.8 Å². The van der Waals surface area contributed by atoms with E-state index in [1.807, 2.05) is 30.3 Å². The molecule has 0 radical (unpaired) electrons. The van der Waals surface area contributed by atoms with Crippen LogP contribution < -0.4 is 4.90 Å². The summed E-state index contributed by atoms with van der Waals surface area (Å²) in [6, 6.07) is 9.73. The first-order chi connectivity index (χ1) is 9.83. The molecule has 7 nitrogen and oxygen atoms in total. The Morgan fingerprint density at radius 2 is 2.05 bits per heavy atom. The van der Waals surface area contributed by atoms with Crippen LogP contribution in [0.2, 0.25) is 0 Å². The number of fused-ring (bicyclic) bond motifs is 1. The maximum Gasteiger partial charge on any atom is 0.311 e. The minimum atomic E-state index is -0.101. The highest BCUT2D eigenvalue weighted by atomic mass is 16.5. The Bertz CT molecular complexity index is 641. The number of hydrogen-bond donors (Lipinski definition) is 0. The Labute approximate surface area is 115 Å². The predicted molar refractivity (Wildman–Crippen MR) is 69.3 cm³/mol. The van der Waals surface area contributed by atoms with Gasteiger partial charge in [-0.25, -0.2) is 0 Å². The van der Waals surface area contributed by atoms with Crippen LogP contribution in [0.3, 0.4) is 0 Å². The first kappa shape index (κ1) is 11.4. The lowest BCUT2D eigenvalue weighted by atomic mass is 10.0. The van der Waals surface area contributed by atoms with E-state index in [1.165, 1.54) is 0 Å². The molecule has 2 atom stereocenters. The van der Waals surface area contributed by atoms with Crippen LogP contribution in [0.4, 0.5) is 5.95 Å². The fourth-order valence-corrected chi connectivity index (χ4v) is 2.88. The first-order valence-corrected chi connectivity index (χ1v) is 6.58. The van der Waals surface area contributed by atoms with Gasteiger partial charge in [-0.3, -0.25) is 4.79 Å². The van der Waals surface area contributed by atoms with Crippen LogP contribution >= 0.6 is 0 Å². The smallest absolute Gasteiger partial charge is 0.311 e. The number of cyclic esters (lactones) is 1. The van der Waals surface area contributed by atoms with Gasteiger partial charge in [0, 0.05) is 19.0 Å². The molecule has 2 saturated heterocycles. The van der Waals surface area contributed by atoms with E-state index >= 15 is 0 Å². The Morgan fingerprint density at radius 3 is 2.85 bits per heavy atom. The second-order valence-corrected chi connectivity index (χ2v) is 5.13. The van der Waals surface area contributed by atoms with Crippen LogP contribution in [0.25, 0.3) is 5.69 Å². The molecule has 2 aliphatic rings. The zero-order valence-corrected chi connectivity index (χ0v) is 10.7. The van der Waals surface area contributed by atoms with Crippen LogP contribution in [0.15, 0.2) is 30.3 Å². The number of benzene rings is 1. The highest BCUT2D eigenvalue weighted by Crippen LogP contribution is 2.32. The summed E-state index contributed by atoms with van der Waals surface area (Å²) in [5.74, 6) is 0.786. The molecular weight excluding hydrogens is 258 g/mol. The third-order valence-corrected chi connectivity index (χ3v) is 3.92. The molecule has 2 aromatic rings. The van der Waals surface area contributed by atoms with Gasteiger partial charge >= 0.3 is 5.97 Å². The normalized spacial score (nSPS) is 24.8. The van der Waals surface area contributed by atoms with E-state index in [1.54, 1.807) is 4.68 Å². The number of tetrazole rings is 1. The molecule has 2 fully saturated rings. The molecule has 0 saturated carbocycles. The van der Waals surface area contributed by atoms with Gasteiger partial charge in [-0.15, -0.1) is 0 Å². The summed E-state index contributed by atoms with van der Waals surface area (Å²) < 4.78 is 6.78. The highest BCUT2D eigenvalue weighted by Gasteiger charge is 2.45. The number of carbonyl (C=O) groups is 1. The number of hydrogen-bond acceptors (Lipinski definition) is 6. The SMILES string of the molecule is O=C1OC[C@H]2CN(c3nnnn3-c3ccccc3)C[C@@H]12. The topological polar surface area (TPSA) is 73.1 Å². The summed E-state index contributed by atoms with van der Waals surface area (Å²) in [7, 11) is 0. The second-order valence-electron chi connectivity index (χ2n) is 5.13. The van der Waals surface area contributed by atoms with E-state index in [2.05, 4.69) is 20.4 Å². The van der Waals surface area contributed by atoms with Crippen LogP contribution in [-0.4, -0.2) is 45.9 Å². The molecule has 0 bridgehead atoms. The molecule has 20 heavy (non-hydrogen) atoms. The monoisotopic (exact) mass is 271 g/mol. The van der Waals surface area contributed by atoms with Gasteiger partial charge in [0.2, 0.25) is 5.95 Å². The third-order valence-electron chi connectivity index (χ3n) is 3.92. The Kier molecular flexibility index (Phi) is 2.45. The summed E-state index contributed by atoms with van der Waals surface area (Å²) in [6.07, 6.45) is 0. The number of ether oxygens (including phenoxy) is 1. The maximum absolute atomic E-state index is 11.6. The summed E-state index contributed by atoms with van der Waals surface area (Å²) >= 11 is 0. The van der Waals surface area contributed by atoms with Crippen molar-refractivity contribution in [3.63, 3.8) is 0 Å². The number of anilines is 1. The van der Waals surface area contributed by atoms with Gasteiger partial charge in [0.15, 0.2) is 0 Å². The van der Waals surface area contributed by atoms with Crippen LogP contribution in [0.5, 0.6) is 0 Å². The number of carbonyl (C=O) groups excluding carboxylic acids is 1. The van der Waals surface area contributed by atoms with Crippen molar-refractivity contribution in [1.82, 2.24) is 20.2 Å². The van der Waals surface area contributed by atoms with Crippen molar-refractivity contribution in [3.8, 4) is 5.69 Å². The number of para-hydroxylation sites is 1. The van der Waals surface area contributed by atoms with Crippen molar-refractivity contribution in [2.75, 3.05) is 24.6 Å². The third kappa shape index (κ3) is 1.66. The number of rotatable bonds is 2. The molecule has 0 amide bonds. The zero-order valence-electron chi connectivity index (χ0n) is 10.7. The molecule has 1 aromatic carbocycles. The van der Waals surface area contributed by atoms with Crippen LogP contribution in [0.1, 0.15) is 0 Å². The van der Waals surface area contributed by atoms with Gasteiger partial charge in [0.25, 0.3) is 0 Å². The van der Waals surface area contributed by atoms with Crippen molar-refractivity contribution in [3.05, 3.63) is 30.3 Å². The summed E-state index contributed by atoms with van der Waals surface area (Å²) in [6.45, 7) is 1.88. The second kappa shape index (κ2) is 4.29. The Hall–Kier alpha value is -2.44. The van der Waals surface area contributed by atoms with E-state index in [4.69, 9.17) is 4.74 Å². The summed E-state index contributed by atoms with van der Waals surface area (Å²) in [5, 5.41) is 11.9. The number of nitrogens with zero attached hydrogens (tertiary/aromatic N) is 5. The van der Waals surface area contributed by atoms with E-state index in [0.29, 0.717) is 19.1 Å². The van der Waals surface area contributed by atoms with E-state index in [-0.39, 0.29) is 17.8 Å². The fourth-order valence-electron chi connectivity index (χ4n) is 2.88. The molecule has 1 aromatic heterocycles. The molecular formula is C13H13N5O2. The van der Waals surface area contributed by atoms with Gasteiger partial charge in [0.1, 0.15) is 0 Å². The lowest BCUT2D eigenvalue weighted by Crippen LogP contribution is -2.26. The van der Waals surface area contributed by atoms with E-state index in [0.717, 1.165) is 12.2 Å². The molecule has 0 unspecified atom stereocenters. The lowest BCUT2D eigenvalue weighted by molar-refractivity contribution is -0.140. The molecule has 2 aliphatic heterocycles. The van der Waals surface area contributed by atoms with Gasteiger partial charge in [-0.05, 0) is 22.6 Å². The van der Waals surface area contributed by atoms with Gasteiger partial charge in [-0.2, -0.15) is 4.68 Å². The van der Waals surface area contributed by atoms with Crippen molar-refractivity contribution < 1.29 is 9.53 Å². The van der Waals surface area contributed by atoms with Crippen molar-refractivity contribution >= 4 is 11.9 Å². The molecule has 7 heteroatoms. The van der Waals surface area contributed by atoms with E-state index < -0.39 is 0 Å².